The summed E-state index contributed by atoms with van der Waals surface area (Å²) >= 11 is 0. The SMILES string of the molecule is CCn1cc(C=O)c(=O)c2ccc(C)c(OCc3ccc(OC)cc3)c21. The summed E-state index contributed by atoms with van der Waals surface area (Å²) < 4.78 is 13.1. The second-order valence-corrected chi connectivity index (χ2v) is 6.06. The molecule has 0 aliphatic heterocycles. The molecule has 1 aromatic heterocycles. The highest BCUT2D eigenvalue weighted by Crippen LogP contribution is 2.29. The van der Waals surface area contributed by atoms with Gasteiger partial charge in [0.25, 0.3) is 0 Å². The summed E-state index contributed by atoms with van der Waals surface area (Å²) in [5.74, 6) is 1.45. The van der Waals surface area contributed by atoms with Crippen molar-refractivity contribution >= 4 is 17.2 Å². The number of aldehydes is 1. The minimum Gasteiger partial charge on any atom is -0.497 e. The zero-order valence-electron chi connectivity index (χ0n) is 15.1. The third-order valence-corrected chi connectivity index (χ3v) is 4.43. The monoisotopic (exact) mass is 351 g/mol. The van der Waals surface area contributed by atoms with Crippen molar-refractivity contribution in [1.82, 2.24) is 4.57 Å². The highest BCUT2D eigenvalue weighted by molar-refractivity contribution is 5.90. The van der Waals surface area contributed by atoms with Gasteiger partial charge >= 0.3 is 0 Å². The van der Waals surface area contributed by atoms with Gasteiger partial charge in [0, 0.05) is 12.7 Å². The van der Waals surface area contributed by atoms with Crippen LogP contribution in [0.5, 0.6) is 11.5 Å². The van der Waals surface area contributed by atoms with Crippen LogP contribution in [0, 0.1) is 6.92 Å². The molecule has 0 atom stereocenters. The van der Waals surface area contributed by atoms with E-state index < -0.39 is 0 Å². The van der Waals surface area contributed by atoms with Crippen molar-refractivity contribution in [3.8, 4) is 11.5 Å². The zero-order chi connectivity index (χ0) is 18.7. The van der Waals surface area contributed by atoms with Crippen LogP contribution in [0.15, 0.2) is 47.4 Å². The van der Waals surface area contributed by atoms with E-state index in [-0.39, 0.29) is 11.0 Å². The van der Waals surface area contributed by atoms with E-state index in [0.717, 1.165) is 22.4 Å². The molecule has 26 heavy (non-hydrogen) atoms. The van der Waals surface area contributed by atoms with Gasteiger partial charge in [0.05, 0.1) is 23.6 Å². The van der Waals surface area contributed by atoms with E-state index in [9.17, 15) is 9.59 Å². The summed E-state index contributed by atoms with van der Waals surface area (Å²) in [5, 5.41) is 0.492. The Balaban J connectivity index is 2.06. The number of rotatable bonds is 6. The zero-order valence-corrected chi connectivity index (χ0v) is 15.1. The fourth-order valence-electron chi connectivity index (χ4n) is 2.98. The molecule has 1 heterocycles. The second kappa shape index (κ2) is 7.44. The predicted molar refractivity (Wildman–Crippen MR) is 101 cm³/mol. The Morgan fingerprint density at radius 1 is 1.12 bits per heavy atom. The third kappa shape index (κ3) is 3.20. The van der Waals surface area contributed by atoms with Crippen LogP contribution in [-0.2, 0) is 13.2 Å². The Morgan fingerprint density at radius 3 is 2.46 bits per heavy atom. The molecule has 134 valence electrons. The van der Waals surface area contributed by atoms with E-state index in [1.807, 2.05) is 48.7 Å². The van der Waals surface area contributed by atoms with Crippen molar-refractivity contribution in [2.75, 3.05) is 7.11 Å². The predicted octanol–water partition coefficient (Wildman–Crippen LogP) is 3.73. The number of carbonyl (C=O) groups is 1. The van der Waals surface area contributed by atoms with Gasteiger partial charge in [-0.05, 0) is 43.2 Å². The molecule has 3 rings (SSSR count). The third-order valence-electron chi connectivity index (χ3n) is 4.43. The number of carbonyl (C=O) groups excluding carboxylic acids is 1. The van der Waals surface area contributed by atoms with Gasteiger partial charge in [-0.2, -0.15) is 0 Å². The quantitative estimate of drug-likeness (QED) is 0.635. The smallest absolute Gasteiger partial charge is 0.200 e. The van der Waals surface area contributed by atoms with Gasteiger partial charge < -0.3 is 14.0 Å². The molecule has 0 N–H and O–H groups in total. The van der Waals surface area contributed by atoms with Gasteiger partial charge in [0.2, 0.25) is 0 Å². The van der Waals surface area contributed by atoms with Crippen LogP contribution in [0.2, 0.25) is 0 Å². The van der Waals surface area contributed by atoms with Crippen LogP contribution >= 0.6 is 0 Å². The van der Waals surface area contributed by atoms with Crippen molar-refractivity contribution < 1.29 is 14.3 Å². The summed E-state index contributed by atoms with van der Waals surface area (Å²) in [4.78, 5) is 23.7. The van der Waals surface area contributed by atoms with Gasteiger partial charge in [-0.1, -0.05) is 18.2 Å². The fourth-order valence-corrected chi connectivity index (χ4v) is 2.98. The first kappa shape index (κ1) is 17.7. The number of hydrogen-bond donors (Lipinski definition) is 0. The molecular formula is C21H21NO4. The Morgan fingerprint density at radius 2 is 1.85 bits per heavy atom. The molecule has 0 fully saturated rings. The number of benzene rings is 2. The average molecular weight is 351 g/mol. The van der Waals surface area contributed by atoms with Crippen molar-refractivity contribution in [2.45, 2.75) is 27.0 Å². The number of fused-ring (bicyclic) bond motifs is 1. The maximum atomic E-state index is 12.5. The Labute approximate surface area is 151 Å². The Kier molecular flexibility index (Phi) is 5.07. The Bertz CT molecular complexity index is 1000. The maximum absolute atomic E-state index is 12.5. The molecule has 0 saturated carbocycles. The number of methoxy groups -OCH3 is 1. The second-order valence-electron chi connectivity index (χ2n) is 6.06. The molecule has 2 aromatic carbocycles. The van der Waals surface area contributed by atoms with E-state index in [2.05, 4.69) is 0 Å². The first-order valence-corrected chi connectivity index (χ1v) is 8.46. The number of nitrogens with zero attached hydrogens (tertiary/aromatic N) is 1. The number of hydrogen-bond acceptors (Lipinski definition) is 4. The molecule has 0 aliphatic rings. The van der Waals surface area contributed by atoms with Gasteiger partial charge in [-0.25, -0.2) is 0 Å². The van der Waals surface area contributed by atoms with Crippen LogP contribution < -0.4 is 14.9 Å². The van der Waals surface area contributed by atoms with E-state index >= 15 is 0 Å². The maximum Gasteiger partial charge on any atom is 0.200 e. The lowest BCUT2D eigenvalue weighted by molar-refractivity contribution is 0.112. The highest BCUT2D eigenvalue weighted by Gasteiger charge is 2.15. The van der Waals surface area contributed by atoms with E-state index in [1.165, 1.54) is 0 Å². The molecule has 5 nitrogen and oxygen atoms in total. The van der Waals surface area contributed by atoms with Crippen LogP contribution in [-0.4, -0.2) is 18.0 Å². The molecule has 0 amide bonds. The normalized spacial score (nSPS) is 10.7. The molecule has 0 radical (unpaired) electrons. The summed E-state index contributed by atoms with van der Waals surface area (Å²) in [7, 11) is 1.63. The standard InChI is InChI=1S/C21H21NO4/c1-4-22-11-16(12-23)20(24)18-10-5-14(2)21(19(18)22)26-13-15-6-8-17(25-3)9-7-15/h5-12H,4,13H2,1-3H3. The summed E-state index contributed by atoms with van der Waals surface area (Å²) in [6.45, 7) is 4.91. The lowest BCUT2D eigenvalue weighted by Crippen LogP contribution is -2.15. The van der Waals surface area contributed by atoms with Crippen molar-refractivity contribution in [2.24, 2.45) is 0 Å². The van der Waals surface area contributed by atoms with E-state index in [1.54, 1.807) is 19.4 Å². The molecule has 0 spiro atoms. The highest BCUT2D eigenvalue weighted by atomic mass is 16.5. The summed E-state index contributed by atoms with van der Waals surface area (Å²) in [5.41, 5.74) is 2.54. The van der Waals surface area contributed by atoms with Gasteiger partial charge in [-0.15, -0.1) is 0 Å². The molecule has 0 bridgehead atoms. The van der Waals surface area contributed by atoms with Gasteiger partial charge in [-0.3, -0.25) is 9.59 Å². The summed E-state index contributed by atoms with van der Waals surface area (Å²) in [6, 6.07) is 11.3. The first-order valence-electron chi connectivity index (χ1n) is 8.46. The van der Waals surface area contributed by atoms with Crippen LogP contribution in [0.4, 0.5) is 0 Å². The van der Waals surface area contributed by atoms with Crippen molar-refractivity contribution in [3.63, 3.8) is 0 Å². The first-order chi connectivity index (χ1) is 12.6. The Hall–Kier alpha value is -3.08. The number of ether oxygens (including phenoxy) is 2. The lowest BCUT2D eigenvalue weighted by Gasteiger charge is -2.17. The minimum absolute atomic E-state index is 0.157. The van der Waals surface area contributed by atoms with Crippen molar-refractivity contribution in [3.05, 3.63) is 69.5 Å². The van der Waals surface area contributed by atoms with E-state index in [4.69, 9.17) is 9.47 Å². The number of aromatic nitrogens is 1. The van der Waals surface area contributed by atoms with Gasteiger partial charge in [0.15, 0.2) is 11.7 Å². The molecule has 0 aliphatic carbocycles. The number of pyridine rings is 1. The largest absolute Gasteiger partial charge is 0.497 e. The molecule has 5 heteroatoms. The average Bonchev–Trinajstić information content (AvgIpc) is 2.68. The lowest BCUT2D eigenvalue weighted by atomic mass is 10.1. The van der Waals surface area contributed by atoms with Crippen molar-refractivity contribution in [1.29, 1.82) is 0 Å². The van der Waals surface area contributed by atoms with E-state index in [0.29, 0.717) is 30.6 Å². The van der Waals surface area contributed by atoms with Crippen LogP contribution in [0.1, 0.15) is 28.4 Å². The summed E-state index contributed by atoms with van der Waals surface area (Å²) in [6.07, 6.45) is 2.20. The molecular weight excluding hydrogens is 330 g/mol. The minimum atomic E-state index is -0.269. The van der Waals surface area contributed by atoms with Gasteiger partial charge in [0.1, 0.15) is 18.1 Å². The van der Waals surface area contributed by atoms with Crippen LogP contribution in [0.3, 0.4) is 0 Å². The molecule has 3 aromatic rings. The topological polar surface area (TPSA) is 57.5 Å². The fraction of sp³-hybridized carbons (Fsp3) is 0.238. The number of aryl methyl sites for hydroxylation is 2. The van der Waals surface area contributed by atoms with Crippen LogP contribution in [0.25, 0.3) is 10.9 Å². The molecule has 0 saturated heterocycles. The molecule has 0 unspecified atom stereocenters.